The molecule has 1 aliphatic rings. The Labute approximate surface area is 230 Å². The van der Waals surface area contributed by atoms with Crippen LogP contribution in [0.25, 0.3) is 0 Å². The number of methoxy groups -OCH3 is 1. The van der Waals surface area contributed by atoms with Crippen molar-refractivity contribution in [2.45, 2.75) is 20.3 Å². The van der Waals surface area contributed by atoms with Gasteiger partial charge in [0.2, 0.25) is 5.91 Å². The Morgan fingerprint density at radius 2 is 1.66 bits per heavy atom. The molecule has 10 heteroatoms. The quantitative estimate of drug-likeness (QED) is 0.331. The van der Waals surface area contributed by atoms with Gasteiger partial charge in [0.15, 0.2) is 0 Å². The number of carbonyl (C=O) groups is 3. The molecule has 0 radical (unpaired) electrons. The normalized spacial score (nSPS) is 13.1. The Kier molecular flexibility index (Phi) is 8.24. The number of halogens is 2. The first kappa shape index (κ1) is 27.0. The molecule has 0 atom stereocenters. The van der Waals surface area contributed by atoms with Gasteiger partial charge in [0, 0.05) is 16.8 Å². The number of ether oxygens (including phenoxy) is 2. The molecule has 3 amide bonds. The first-order valence-electron chi connectivity index (χ1n) is 11.7. The van der Waals surface area contributed by atoms with Gasteiger partial charge in [0.25, 0.3) is 11.8 Å². The number of carbonyl (C=O) groups excluding carboxylic acids is 3. The Bertz CT molecular complexity index is 1420. The van der Waals surface area contributed by atoms with Crippen LogP contribution >= 0.6 is 23.2 Å². The predicted molar refractivity (Wildman–Crippen MR) is 148 cm³/mol. The number of amides is 3. The van der Waals surface area contributed by atoms with Crippen LogP contribution in [0, 0.1) is 6.92 Å². The van der Waals surface area contributed by atoms with Crippen molar-refractivity contribution in [2.24, 2.45) is 0 Å². The maximum Gasteiger partial charge on any atom is 0.283 e. The van der Waals surface area contributed by atoms with Gasteiger partial charge in [-0.15, -0.1) is 0 Å². The van der Waals surface area contributed by atoms with Gasteiger partial charge in [-0.05, 0) is 67.4 Å². The molecule has 1 heterocycles. The van der Waals surface area contributed by atoms with Crippen LogP contribution in [-0.2, 0) is 20.8 Å². The van der Waals surface area contributed by atoms with Crippen LogP contribution in [0.15, 0.2) is 71.4 Å². The SMILES string of the molecule is CCOc1ccc(N2C(=O)C(Cl)=C(Nc3ccc(CC(=O)Nc4cc(C)c(Cl)cc4OC)cc3)C2=O)cc1. The summed E-state index contributed by atoms with van der Waals surface area (Å²) in [6.07, 6.45) is 0.109. The van der Waals surface area contributed by atoms with E-state index < -0.39 is 11.8 Å². The minimum absolute atomic E-state index is 0.0266. The van der Waals surface area contributed by atoms with Gasteiger partial charge in [-0.1, -0.05) is 35.3 Å². The highest BCUT2D eigenvalue weighted by molar-refractivity contribution is 6.53. The van der Waals surface area contributed by atoms with Crippen molar-refractivity contribution in [1.29, 1.82) is 0 Å². The van der Waals surface area contributed by atoms with Gasteiger partial charge >= 0.3 is 0 Å². The smallest absolute Gasteiger partial charge is 0.283 e. The summed E-state index contributed by atoms with van der Waals surface area (Å²) >= 11 is 12.4. The molecule has 4 rings (SSSR count). The van der Waals surface area contributed by atoms with E-state index in [0.717, 1.165) is 16.0 Å². The van der Waals surface area contributed by atoms with E-state index in [4.69, 9.17) is 32.7 Å². The lowest BCUT2D eigenvalue weighted by atomic mass is 10.1. The van der Waals surface area contributed by atoms with Gasteiger partial charge in [-0.2, -0.15) is 0 Å². The molecule has 2 N–H and O–H groups in total. The van der Waals surface area contributed by atoms with E-state index in [1.807, 2.05) is 13.8 Å². The van der Waals surface area contributed by atoms with Crippen molar-refractivity contribution in [2.75, 3.05) is 29.3 Å². The highest BCUT2D eigenvalue weighted by Crippen LogP contribution is 2.32. The molecular weight excluding hydrogens is 529 g/mol. The van der Waals surface area contributed by atoms with Crippen LogP contribution < -0.4 is 25.0 Å². The number of hydrogen-bond donors (Lipinski definition) is 2. The van der Waals surface area contributed by atoms with E-state index in [2.05, 4.69) is 10.6 Å². The minimum Gasteiger partial charge on any atom is -0.495 e. The fourth-order valence-electron chi connectivity index (χ4n) is 3.86. The van der Waals surface area contributed by atoms with Crippen molar-refractivity contribution < 1.29 is 23.9 Å². The molecule has 0 spiro atoms. The Hall–Kier alpha value is -4.01. The first-order valence-corrected chi connectivity index (χ1v) is 12.5. The second-order valence-electron chi connectivity index (χ2n) is 8.41. The number of rotatable bonds is 9. The molecule has 0 unspecified atom stereocenters. The molecule has 0 fully saturated rings. The summed E-state index contributed by atoms with van der Waals surface area (Å²) in [5, 5.41) is 6.11. The van der Waals surface area contributed by atoms with Crippen molar-refractivity contribution in [3.8, 4) is 11.5 Å². The van der Waals surface area contributed by atoms with Crippen molar-refractivity contribution in [3.05, 3.63) is 87.5 Å². The molecule has 8 nitrogen and oxygen atoms in total. The molecule has 3 aromatic rings. The van der Waals surface area contributed by atoms with E-state index in [0.29, 0.717) is 40.2 Å². The molecule has 196 valence electrons. The van der Waals surface area contributed by atoms with Crippen molar-refractivity contribution in [1.82, 2.24) is 0 Å². The third kappa shape index (κ3) is 5.77. The summed E-state index contributed by atoms with van der Waals surface area (Å²) in [6, 6.07) is 16.9. The third-order valence-corrected chi connectivity index (χ3v) is 6.53. The van der Waals surface area contributed by atoms with E-state index >= 15 is 0 Å². The molecule has 0 saturated heterocycles. The number of nitrogens with zero attached hydrogens (tertiary/aromatic N) is 1. The second-order valence-corrected chi connectivity index (χ2v) is 9.20. The van der Waals surface area contributed by atoms with Crippen molar-refractivity contribution in [3.63, 3.8) is 0 Å². The molecule has 0 saturated carbocycles. The van der Waals surface area contributed by atoms with Crippen LogP contribution in [0.4, 0.5) is 17.1 Å². The zero-order valence-electron chi connectivity index (χ0n) is 20.9. The minimum atomic E-state index is -0.621. The predicted octanol–water partition coefficient (Wildman–Crippen LogP) is 5.67. The number of anilines is 3. The number of aryl methyl sites for hydroxylation is 1. The van der Waals surface area contributed by atoms with Gasteiger partial charge in [0.1, 0.15) is 22.2 Å². The molecule has 0 aromatic heterocycles. The monoisotopic (exact) mass is 553 g/mol. The highest BCUT2D eigenvalue weighted by Gasteiger charge is 2.39. The Morgan fingerprint density at radius 3 is 2.29 bits per heavy atom. The van der Waals surface area contributed by atoms with E-state index in [1.54, 1.807) is 60.7 Å². The third-order valence-electron chi connectivity index (χ3n) is 5.78. The largest absolute Gasteiger partial charge is 0.495 e. The zero-order chi connectivity index (χ0) is 27.4. The average Bonchev–Trinajstić information content (AvgIpc) is 3.10. The highest BCUT2D eigenvalue weighted by atomic mass is 35.5. The maximum atomic E-state index is 13.0. The molecule has 38 heavy (non-hydrogen) atoms. The van der Waals surface area contributed by atoms with Crippen molar-refractivity contribution >= 4 is 58.0 Å². The topological polar surface area (TPSA) is 97.0 Å². The average molecular weight is 554 g/mol. The zero-order valence-corrected chi connectivity index (χ0v) is 22.4. The van der Waals surface area contributed by atoms with E-state index in [-0.39, 0.29) is 23.1 Å². The maximum absolute atomic E-state index is 13.0. The molecule has 0 aliphatic carbocycles. The Balaban J connectivity index is 1.41. The van der Waals surface area contributed by atoms with E-state index in [1.165, 1.54) is 7.11 Å². The van der Waals surface area contributed by atoms with Gasteiger partial charge in [-0.25, -0.2) is 4.90 Å². The molecule has 3 aromatic carbocycles. The number of benzene rings is 3. The summed E-state index contributed by atoms with van der Waals surface area (Å²) < 4.78 is 10.7. The number of hydrogen-bond acceptors (Lipinski definition) is 6. The summed E-state index contributed by atoms with van der Waals surface area (Å²) in [5.74, 6) is -0.332. The molecule has 1 aliphatic heterocycles. The molecule has 0 bridgehead atoms. The van der Waals surface area contributed by atoms with Crippen LogP contribution in [0.3, 0.4) is 0 Å². The van der Waals surface area contributed by atoms with Crippen LogP contribution in [-0.4, -0.2) is 31.4 Å². The lowest BCUT2D eigenvalue weighted by molar-refractivity contribution is -0.120. The molecular formula is C28H25Cl2N3O5. The lowest BCUT2D eigenvalue weighted by Gasteiger charge is -2.16. The number of imide groups is 1. The van der Waals surface area contributed by atoms with Gasteiger partial charge < -0.3 is 20.1 Å². The Morgan fingerprint density at radius 1 is 0.974 bits per heavy atom. The summed E-state index contributed by atoms with van der Waals surface area (Å²) in [4.78, 5) is 39.4. The van der Waals surface area contributed by atoms with Crippen LogP contribution in [0.2, 0.25) is 5.02 Å². The summed E-state index contributed by atoms with van der Waals surface area (Å²) in [7, 11) is 1.50. The lowest BCUT2D eigenvalue weighted by Crippen LogP contribution is -2.32. The first-order chi connectivity index (χ1) is 18.2. The fraction of sp³-hybridized carbons (Fsp3) is 0.179. The van der Waals surface area contributed by atoms with E-state index in [9.17, 15) is 14.4 Å². The van der Waals surface area contributed by atoms with Crippen LogP contribution in [0.5, 0.6) is 11.5 Å². The van der Waals surface area contributed by atoms with Gasteiger partial charge in [0.05, 0.1) is 31.5 Å². The summed E-state index contributed by atoms with van der Waals surface area (Å²) in [5.41, 5.74) is 2.97. The van der Waals surface area contributed by atoms with Crippen LogP contribution in [0.1, 0.15) is 18.1 Å². The fourth-order valence-corrected chi connectivity index (χ4v) is 4.23. The standard InChI is InChI=1S/C28H25Cl2N3O5/c1-4-38-20-11-9-19(10-12-20)33-27(35)25(30)26(28(33)36)31-18-7-5-17(6-8-18)14-24(34)32-22-13-16(2)21(29)15-23(22)37-3/h5-13,15,31H,4,14H2,1-3H3,(H,32,34). The number of nitrogens with one attached hydrogen (secondary N) is 2. The summed E-state index contributed by atoms with van der Waals surface area (Å²) in [6.45, 7) is 4.21. The second kappa shape index (κ2) is 11.6. The van der Waals surface area contributed by atoms with Gasteiger partial charge in [-0.3, -0.25) is 14.4 Å².